The molecule has 156 valence electrons. The fourth-order valence-electron chi connectivity index (χ4n) is 3.52. The van der Waals surface area contributed by atoms with Crippen molar-refractivity contribution >= 4 is 17.3 Å². The summed E-state index contributed by atoms with van der Waals surface area (Å²) in [5.41, 5.74) is 5.19. The molecule has 5 rings (SSSR count). The standard InChI is InChI=1S/C25H18N4O2S/c30-22(31)15-19-16-29(28-27-19)21-14-8-7-13-20(21)25-26-23(17-9-3-1-4-10-17)24(32-25)18-11-5-2-6-12-18/h1-14,16H,15H2,(H,30,31). The number of hydrogen-bond donors (Lipinski definition) is 1. The van der Waals surface area contributed by atoms with Gasteiger partial charge < -0.3 is 5.11 Å². The van der Waals surface area contributed by atoms with Gasteiger partial charge in [0.25, 0.3) is 0 Å². The Hall–Kier alpha value is -4.10. The third kappa shape index (κ3) is 3.93. The molecule has 7 heteroatoms. The molecule has 6 nitrogen and oxygen atoms in total. The Morgan fingerprint density at radius 1 is 0.875 bits per heavy atom. The topological polar surface area (TPSA) is 80.9 Å². The van der Waals surface area contributed by atoms with Crippen molar-refractivity contribution in [3.63, 3.8) is 0 Å². The van der Waals surface area contributed by atoms with Gasteiger partial charge in [0.2, 0.25) is 0 Å². The van der Waals surface area contributed by atoms with Crippen LogP contribution in [0.15, 0.2) is 91.1 Å². The number of carboxylic acids is 1. The van der Waals surface area contributed by atoms with Crippen LogP contribution in [0.25, 0.3) is 38.0 Å². The third-order valence-electron chi connectivity index (χ3n) is 4.96. The second kappa shape index (κ2) is 8.56. The maximum atomic E-state index is 11.0. The molecule has 32 heavy (non-hydrogen) atoms. The molecule has 0 fully saturated rings. The molecule has 0 aliphatic carbocycles. The highest BCUT2D eigenvalue weighted by molar-refractivity contribution is 7.19. The Balaban J connectivity index is 1.64. The number of aromatic nitrogens is 4. The maximum absolute atomic E-state index is 11.0. The summed E-state index contributed by atoms with van der Waals surface area (Å²) in [5.74, 6) is -0.940. The van der Waals surface area contributed by atoms with E-state index in [4.69, 9.17) is 10.1 Å². The van der Waals surface area contributed by atoms with Crippen LogP contribution in [0.4, 0.5) is 0 Å². The fourth-order valence-corrected chi connectivity index (χ4v) is 4.65. The van der Waals surface area contributed by atoms with Crippen molar-refractivity contribution in [2.75, 3.05) is 0 Å². The first kappa shape index (κ1) is 19.8. The summed E-state index contributed by atoms with van der Waals surface area (Å²) in [6, 6.07) is 28.2. The molecule has 0 aliphatic rings. The Labute approximate surface area is 188 Å². The summed E-state index contributed by atoms with van der Waals surface area (Å²) in [4.78, 5) is 17.1. The molecular formula is C25H18N4O2S. The van der Waals surface area contributed by atoms with Gasteiger partial charge in [0.1, 0.15) is 5.01 Å². The van der Waals surface area contributed by atoms with Crippen LogP contribution in [0.5, 0.6) is 0 Å². The highest BCUT2D eigenvalue weighted by Gasteiger charge is 2.19. The number of carboxylic acid groups (broad SMARTS) is 1. The molecule has 0 saturated carbocycles. The van der Waals surface area contributed by atoms with Crippen LogP contribution in [0.1, 0.15) is 5.69 Å². The molecule has 2 aromatic heterocycles. The average Bonchev–Trinajstić information content (AvgIpc) is 3.47. The van der Waals surface area contributed by atoms with Gasteiger partial charge in [0.05, 0.1) is 34.6 Å². The van der Waals surface area contributed by atoms with Crippen molar-refractivity contribution in [3.05, 3.63) is 96.8 Å². The number of aliphatic carboxylic acids is 1. The van der Waals surface area contributed by atoms with E-state index in [1.165, 1.54) is 0 Å². The Kier molecular flexibility index (Phi) is 5.31. The molecule has 1 N–H and O–H groups in total. The van der Waals surface area contributed by atoms with Crippen molar-refractivity contribution in [1.82, 2.24) is 20.0 Å². The number of nitrogens with zero attached hydrogens (tertiary/aromatic N) is 4. The molecule has 2 heterocycles. The summed E-state index contributed by atoms with van der Waals surface area (Å²) in [5, 5.41) is 18.1. The molecule has 0 unspecified atom stereocenters. The van der Waals surface area contributed by atoms with E-state index in [2.05, 4.69) is 34.6 Å². The lowest BCUT2D eigenvalue weighted by atomic mass is 10.1. The lowest BCUT2D eigenvalue weighted by Gasteiger charge is -2.06. The van der Waals surface area contributed by atoms with Crippen LogP contribution in [0, 0.1) is 0 Å². The number of hydrogen-bond acceptors (Lipinski definition) is 5. The molecular weight excluding hydrogens is 420 g/mol. The minimum atomic E-state index is -0.940. The smallest absolute Gasteiger partial charge is 0.309 e. The van der Waals surface area contributed by atoms with E-state index in [-0.39, 0.29) is 6.42 Å². The number of para-hydroxylation sites is 1. The second-order valence-corrected chi connectivity index (χ2v) is 8.17. The lowest BCUT2D eigenvalue weighted by Crippen LogP contribution is -2.00. The predicted octanol–water partition coefficient (Wildman–Crippen LogP) is 5.35. The molecule has 0 spiro atoms. The quantitative estimate of drug-likeness (QED) is 0.386. The molecule has 0 saturated heterocycles. The normalized spacial score (nSPS) is 10.9. The van der Waals surface area contributed by atoms with Crippen LogP contribution >= 0.6 is 11.3 Å². The fraction of sp³-hybridized carbons (Fsp3) is 0.0400. The summed E-state index contributed by atoms with van der Waals surface area (Å²) < 4.78 is 1.61. The van der Waals surface area contributed by atoms with Gasteiger partial charge in [-0.25, -0.2) is 9.67 Å². The van der Waals surface area contributed by atoms with Crippen LogP contribution in [0.3, 0.4) is 0 Å². The molecule has 3 aromatic carbocycles. The van der Waals surface area contributed by atoms with Crippen LogP contribution < -0.4 is 0 Å². The van der Waals surface area contributed by atoms with E-state index in [1.807, 2.05) is 60.7 Å². The Bertz CT molecular complexity index is 1320. The van der Waals surface area contributed by atoms with Crippen LogP contribution in [-0.2, 0) is 11.2 Å². The Morgan fingerprint density at radius 2 is 1.53 bits per heavy atom. The van der Waals surface area contributed by atoms with E-state index < -0.39 is 5.97 Å². The minimum absolute atomic E-state index is 0.171. The summed E-state index contributed by atoms with van der Waals surface area (Å²) >= 11 is 1.62. The molecule has 0 bridgehead atoms. The zero-order chi connectivity index (χ0) is 21.9. The van der Waals surface area contributed by atoms with Gasteiger partial charge in [-0.05, 0) is 17.7 Å². The van der Waals surface area contributed by atoms with E-state index in [0.717, 1.165) is 38.0 Å². The van der Waals surface area contributed by atoms with E-state index in [9.17, 15) is 4.79 Å². The maximum Gasteiger partial charge on any atom is 0.309 e. The molecule has 5 aromatic rings. The highest BCUT2D eigenvalue weighted by Crippen LogP contribution is 2.41. The van der Waals surface area contributed by atoms with E-state index in [0.29, 0.717) is 5.69 Å². The minimum Gasteiger partial charge on any atom is -0.481 e. The van der Waals surface area contributed by atoms with Gasteiger partial charge in [0.15, 0.2) is 0 Å². The first-order valence-electron chi connectivity index (χ1n) is 10.0. The van der Waals surface area contributed by atoms with Crippen molar-refractivity contribution < 1.29 is 9.90 Å². The molecule has 0 atom stereocenters. The van der Waals surface area contributed by atoms with Gasteiger partial charge in [0, 0.05) is 11.1 Å². The second-order valence-electron chi connectivity index (χ2n) is 7.17. The number of carbonyl (C=O) groups is 1. The van der Waals surface area contributed by atoms with Crippen molar-refractivity contribution in [2.24, 2.45) is 0 Å². The number of thiazole rings is 1. The van der Waals surface area contributed by atoms with Crippen molar-refractivity contribution in [3.8, 4) is 38.0 Å². The van der Waals surface area contributed by atoms with Gasteiger partial charge in [-0.2, -0.15) is 0 Å². The van der Waals surface area contributed by atoms with E-state index >= 15 is 0 Å². The van der Waals surface area contributed by atoms with E-state index in [1.54, 1.807) is 22.2 Å². The zero-order valence-electron chi connectivity index (χ0n) is 16.9. The SMILES string of the molecule is O=C(O)Cc1cn(-c2ccccc2-c2nc(-c3ccccc3)c(-c3ccccc3)s2)nn1. The molecule has 0 aliphatic heterocycles. The first-order valence-corrected chi connectivity index (χ1v) is 10.8. The van der Waals surface area contributed by atoms with Gasteiger partial charge in [-0.1, -0.05) is 78.0 Å². The lowest BCUT2D eigenvalue weighted by molar-refractivity contribution is -0.136. The van der Waals surface area contributed by atoms with Gasteiger partial charge in [-0.15, -0.1) is 16.4 Å². The largest absolute Gasteiger partial charge is 0.481 e. The van der Waals surface area contributed by atoms with Gasteiger partial charge >= 0.3 is 5.97 Å². The molecule has 0 radical (unpaired) electrons. The zero-order valence-corrected chi connectivity index (χ0v) is 17.7. The monoisotopic (exact) mass is 438 g/mol. The average molecular weight is 439 g/mol. The highest BCUT2D eigenvalue weighted by atomic mass is 32.1. The van der Waals surface area contributed by atoms with Crippen molar-refractivity contribution in [1.29, 1.82) is 0 Å². The predicted molar refractivity (Wildman–Crippen MR) is 125 cm³/mol. The van der Waals surface area contributed by atoms with Crippen LogP contribution in [0.2, 0.25) is 0 Å². The van der Waals surface area contributed by atoms with Crippen LogP contribution in [-0.4, -0.2) is 31.1 Å². The summed E-state index contributed by atoms with van der Waals surface area (Å²) in [6.45, 7) is 0. The van der Waals surface area contributed by atoms with Gasteiger partial charge in [-0.3, -0.25) is 4.79 Å². The summed E-state index contributed by atoms with van der Waals surface area (Å²) in [7, 11) is 0. The number of rotatable bonds is 6. The number of benzene rings is 3. The van der Waals surface area contributed by atoms with Crippen molar-refractivity contribution in [2.45, 2.75) is 6.42 Å². The summed E-state index contributed by atoms with van der Waals surface area (Å²) in [6.07, 6.45) is 1.48. The third-order valence-corrected chi connectivity index (χ3v) is 6.10. The Morgan fingerprint density at radius 3 is 2.25 bits per heavy atom. The first-order chi connectivity index (χ1) is 15.7. The molecule has 0 amide bonds.